The minimum atomic E-state index is 0.561. The van der Waals surface area contributed by atoms with Gasteiger partial charge in [0.25, 0.3) is 0 Å². The van der Waals surface area contributed by atoms with E-state index in [-0.39, 0.29) is 0 Å². The molecule has 1 aliphatic rings. The normalized spacial score (nSPS) is 24.0. The Balaban J connectivity index is 2.21. The summed E-state index contributed by atoms with van der Waals surface area (Å²) in [6.07, 6.45) is 4.65. The maximum absolute atomic E-state index is 5.28. The third-order valence-electron chi connectivity index (χ3n) is 2.86. The van der Waals surface area contributed by atoms with Gasteiger partial charge in [-0.3, -0.25) is 0 Å². The molecule has 14 heavy (non-hydrogen) atoms. The highest BCUT2D eigenvalue weighted by molar-refractivity contribution is 7.71. The molecule has 4 heteroatoms. The van der Waals surface area contributed by atoms with Gasteiger partial charge in [0, 0.05) is 24.5 Å². The first-order chi connectivity index (χ1) is 6.66. The topological polar surface area (TPSA) is 24.0 Å². The molecule has 0 radical (unpaired) electrons. The summed E-state index contributed by atoms with van der Waals surface area (Å²) in [6, 6.07) is 0.561. The Morgan fingerprint density at radius 1 is 1.57 bits per heavy atom. The maximum Gasteiger partial charge on any atom is 0.177 e. The average molecular weight is 211 g/mol. The Hall–Kier alpha value is -0.610. The van der Waals surface area contributed by atoms with Crippen LogP contribution in [0.15, 0.2) is 6.20 Å². The van der Waals surface area contributed by atoms with Gasteiger partial charge in [-0.2, -0.15) is 0 Å². The number of nitrogens with zero attached hydrogens (tertiary/aromatic N) is 2. The number of hydrogen-bond donors (Lipinski definition) is 1. The third kappa shape index (κ3) is 1.91. The van der Waals surface area contributed by atoms with Crippen LogP contribution in [0.4, 0.5) is 0 Å². The molecule has 2 heterocycles. The minimum Gasteiger partial charge on any atom is -0.335 e. The number of imidazole rings is 1. The zero-order valence-electron chi connectivity index (χ0n) is 8.79. The van der Waals surface area contributed by atoms with Gasteiger partial charge in [0.15, 0.2) is 4.77 Å². The van der Waals surface area contributed by atoms with Crippen LogP contribution in [0.3, 0.4) is 0 Å². The zero-order valence-corrected chi connectivity index (χ0v) is 9.60. The zero-order chi connectivity index (χ0) is 10.1. The first-order valence-corrected chi connectivity index (χ1v) is 5.54. The standard InChI is InChI=1S/C10H17N3S/c1-8-6-13(10(14)11-8)9-4-3-5-12(2)7-9/h6,9H,3-5,7H2,1-2H3,(H,11,14). The molecule has 78 valence electrons. The van der Waals surface area contributed by atoms with Crippen LogP contribution in [0, 0.1) is 11.7 Å². The van der Waals surface area contributed by atoms with Gasteiger partial charge in [0.05, 0.1) is 0 Å². The first-order valence-electron chi connectivity index (χ1n) is 5.13. The van der Waals surface area contributed by atoms with E-state index in [1.807, 2.05) is 0 Å². The number of nitrogens with one attached hydrogen (secondary N) is 1. The summed E-state index contributed by atoms with van der Waals surface area (Å²) < 4.78 is 3.07. The second kappa shape index (κ2) is 3.87. The molecule has 1 unspecified atom stereocenters. The highest BCUT2D eigenvalue weighted by atomic mass is 32.1. The fourth-order valence-electron chi connectivity index (χ4n) is 2.17. The SMILES string of the molecule is Cc1cn(C2CCCN(C)C2)c(=S)[nH]1. The van der Waals surface area contributed by atoms with Gasteiger partial charge in [-0.05, 0) is 45.6 Å². The lowest BCUT2D eigenvalue weighted by Crippen LogP contribution is -2.33. The molecule has 2 rings (SSSR count). The summed E-state index contributed by atoms with van der Waals surface area (Å²) >= 11 is 5.28. The van der Waals surface area contributed by atoms with Crippen LogP contribution in [-0.4, -0.2) is 34.6 Å². The van der Waals surface area contributed by atoms with E-state index < -0.39 is 0 Å². The van der Waals surface area contributed by atoms with Gasteiger partial charge in [-0.15, -0.1) is 0 Å². The molecule has 1 aliphatic heterocycles. The molecule has 1 fully saturated rings. The Morgan fingerprint density at radius 2 is 2.36 bits per heavy atom. The van der Waals surface area contributed by atoms with Crippen molar-refractivity contribution in [3.05, 3.63) is 16.7 Å². The van der Waals surface area contributed by atoms with Crippen molar-refractivity contribution in [3.8, 4) is 0 Å². The van der Waals surface area contributed by atoms with Crippen molar-refractivity contribution in [1.82, 2.24) is 14.5 Å². The molecule has 1 N–H and O–H groups in total. The molecule has 0 bridgehead atoms. The Labute approximate surface area is 89.7 Å². The second-order valence-corrected chi connectivity index (χ2v) is 4.59. The van der Waals surface area contributed by atoms with E-state index >= 15 is 0 Å². The van der Waals surface area contributed by atoms with E-state index in [9.17, 15) is 0 Å². The smallest absolute Gasteiger partial charge is 0.177 e. The molecule has 0 amide bonds. The molecule has 0 spiro atoms. The van der Waals surface area contributed by atoms with Gasteiger partial charge in [-0.1, -0.05) is 0 Å². The Kier molecular flexibility index (Phi) is 2.74. The fourth-order valence-corrected chi connectivity index (χ4v) is 2.53. The van der Waals surface area contributed by atoms with Gasteiger partial charge in [0.2, 0.25) is 0 Å². The van der Waals surface area contributed by atoms with E-state index in [0.717, 1.165) is 17.0 Å². The number of piperidine rings is 1. The number of aryl methyl sites for hydroxylation is 1. The van der Waals surface area contributed by atoms with Crippen LogP contribution >= 0.6 is 12.2 Å². The van der Waals surface area contributed by atoms with Crippen LogP contribution in [0.25, 0.3) is 0 Å². The van der Waals surface area contributed by atoms with E-state index in [0.29, 0.717) is 6.04 Å². The molecule has 0 aliphatic carbocycles. The Bertz CT molecular complexity index is 366. The van der Waals surface area contributed by atoms with E-state index in [1.54, 1.807) is 0 Å². The number of likely N-dealkylation sites (N-methyl/N-ethyl adjacent to an activating group) is 1. The number of rotatable bonds is 1. The highest BCUT2D eigenvalue weighted by Crippen LogP contribution is 2.21. The van der Waals surface area contributed by atoms with Crippen LogP contribution in [0.5, 0.6) is 0 Å². The molecular weight excluding hydrogens is 194 g/mol. The largest absolute Gasteiger partial charge is 0.335 e. The van der Waals surface area contributed by atoms with Crippen molar-refractivity contribution >= 4 is 12.2 Å². The second-order valence-electron chi connectivity index (χ2n) is 4.21. The van der Waals surface area contributed by atoms with Crippen molar-refractivity contribution in [1.29, 1.82) is 0 Å². The molecule has 3 nitrogen and oxygen atoms in total. The summed E-state index contributed by atoms with van der Waals surface area (Å²) in [6.45, 7) is 4.39. The average Bonchev–Trinajstić information content (AvgIpc) is 2.45. The first kappa shape index (κ1) is 9.93. The number of hydrogen-bond acceptors (Lipinski definition) is 2. The quantitative estimate of drug-likeness (QED) is 0.719. The number of H-pyrrole nitrogens is 1. The highest BCUT2D eigenvalue weighted by Gasteiger charge is 2.19. The molecule has 1 atom stereocenters. The van der Waals surface area contributed by atoms with Gasteiger partial charge >= 0.3 is 0 Å². The summed E-state index contributed by atoms with van der Waals surface area (Å²) in [5.41, 5.74) is 1.16. The molecule has 1 aromatic rings. The van der Waals surface area contributed by atoms with Crippen molar-refractivity contribution < 1.29 is 0 Å². The van der Waals surface area contributed by atoms with Crippen molar-refractivity contribution in [2.75, 3.05) is 20.1 Å². The predicted molar refractivity (Wildman–Crippen MR) is 60.1 cm³/mol. The van der Waals surface area contributed by atoms with Crippen molar-refractivity contribution in [2.24, 2.45) is 0 Å². The molecule has 0 aromatic carbocycles. The molecule has 1 saturated heterocycles. The van der Waals surface area contributed by atoms with E-state index in [4.69, 9.17) is 12.2 Å². The molecule has 0 saturated carbocycles. The number of likely N-dealkylation sites (tertiary alicyclic amines) is 1. The van der Waals surface area contributed by atoms with Crippen molar-refractivity contribution in [2.45, 2.75) is 25.8 Å². The summed E-state index contributed by atoms with van der Waals surface area (Å²) in [7, 11) is 2.18. The molecular formula is C10H17N3S. The fraction of sp³-hybridized carbons (Fsp3) is 0.700. The number of aromatic amines is 1. The van der Waals surface area contributed by atoms with Gasteiger partial charge < -0.3 is 14.5 Å². The minimum absolute atomic E-state index is 0.561. The maximum atomic E-state index is 5.28. The van der Waals surface area contributed by atoms with Crippen LogP contribution in [0.1, 0.15) is 24.6 Å². The monoisotopic (exact) mass is 211 g/mol. The van der Waals surface area contributed by atoms with Gasteiger partial charge in [0.1, 0.15) is 0 Å². The van der Waals surface area contributed by atoms with Gasteiger partial charge in [-0.25, -0.2) is 0 Å². The summed E-state index contributed by atoms with van der Waals surface area (Å²) in [4.78, 5) is 5.55. The van der Waals surface area contributed by atoms with Crippen LogP contribution in [0.2, 0.25) is 0 Å². The lowest BCUT2D eigenvalue weighted by atomic mass is 10.1. The number of aromatic nitrogens is 2. The lowest BCUT2D eigenvalue weighted by Gasteiger charge is -2.30. The van der Waals surface area contributed by atoms with E-state index in [1.165, 1.54) is 19.4 Å². The third-order valence-corrected chi connectivity index (χ3v) is 3.18. The van der Waals surface area contributed by atoms with Crippen LogP contribution < -0.4 is 0 Å². The lowest BCUT2D eigenvalue weighted by molar-refractivity contribution is 0.211. The molecule has 1 aromatic heterocycles. The Morgan fingerprint density at radius 3 is 2.93 bits per heavy atom. The van der Waals surface area contributed by atoms with Crippen LogP contribution in [-0.2, 0) is 0 Å². The van der Waals surface area contributed by atoms with E-state index in [2.05, 4.69) is 34.6 Å². The van der Waals surface area contributed by atoms with Crippen molar-refractivity contribution in [3.63, 3.8) is 0 Å². The summed E-state index contributed by atoms with van der Waals surface area (Å²) in [5, 5.41) is 0. The predicted octanol–water partition coefficient (Wildman–Crippen LogP) is 2.12. The summed E-state index contributed by atoms with van der Waals surface area (Å²) in [5.74, 6) is 0.